The van der Waals surface area contributed by atoms with E-state index in [2.05, 4.69) is 36.4 Å². The first-order chi connectivity index (χ1) is 12.3. The molecule has 0 radical (unpaired) electrons. The lowest BCUT2D eigenvalue weighted by atomic mass is 9.80. The third-order valence-electron chi connectivity index (χ3n) is 5.07. The van der Waals surface area contributed by atoms with Gasteiger partial charge in [0, 0.05) is 0 Å². The van der Waals surface area contributed by atoms with Crippen molar-refractivity contribution in [3.63, 3.8) is 0 Å². The number of hydrogen-bond donors (Lipinski definition) is 0. The molecule has 3 aromatic rings. The fraction of sp³-hybridized carbons (Fsp3) is 0.174. The van der Waals surface area contributed by atoms with Gasteiger partial charge in [-0.25, -0.2) is 0 Å². The van der Waals surface area contributed by atoms with Crippen molar-refractivity contribution in [3.05, 3.63) is 108 Å². The first kappa shape index (κ1) is 15.6. The van der Waals surface area contributed by atoms with Gasteiger partial charge in [0.25, 0.3) is 0 Å². The highest BCUT2D eigenvalue weighted by Gasteiger charge is 2.48. The van der Waals surface area contributed by atoms with Crippen LogP contribution in [0.15, 0.2) is 91.0 Å². The van der Waals surface area contributed by atoms with Crippen molar-refractivity contribution in [2.24, 2.45) is 5.92 Å². The summed E-state index contributed by atoms with van der Waals surface area (Å²) in [5, 5.41) is 0. The molecule has 2 nitrogen and oxygen atoms in total. The molecule has 0 bridgehead atoms. The topological polar surface area (TPSA) is 20.3 Å². The van der Waals surface area contributed by atoms with Gasteiger partial charge in [-0.05, 0) is 16.7 Å². The van der Waals surface area contributed by atoms with Gasteiger partial charge in [-0.3, -0.25) is 4.79 Å². The maximum Gasteiger partial charge on any atom is 0.229 e. The molecule has 1 saturated heterocycles. The van der Waals surface area contributed by atoms with Gasteiger partial charge in [0.15, 0.2) is 0 Å². The van der Waals surface area contributed by atoms with E-state index in [1.807, 2.05) is 66.4 Å². The second-order valence-corrected chi connectivity index (χ2v) is 6.61. The molecule has 4 rings (SSSR count). The zero-order chi connectivity index (χ0) is 17.2. The number of nitrogens with zero attached hydrogens (tertiary/aromatic N) is 1. The molecule has 2 heteroatoms. The number of carbonyl (C=O) groups is 1. The van der Waals surface area contributed by atoms with E-state index < -0.39 is 0 Å². The van der Waals surface area contributed by atoms with Crippen LogP contribution in [0.2, 0.25) is 0 Å². The average molecular weight is 327 g/mol. The van der Waals surface area contributed by atoms with E-state index in [0.717, 1.165) is 11.1 Å². The van der Waals surface area contributed by atoms with Crippen molar-refractivity contribution >= 4 is 5.91 Å². The minimum absolute atomic E-state index is 0.0114. The Labute approximate surface area is 148 Å². The molecule has 1 heterocycles. The number of likely N-dealkylation sites (tertiary alicyclic amines) is 1. The van der Waals surface area contributed by atoms with E-state index in [4.69, 9.17) is 0 Å². The molecule has 1 aliphatic heterocycles. The van der Waals surface area contributed by atoms with Crippen LogP contribution < -0.4 is 0 Å². The van der Waals surface area contributed by atoms with E-state index in [9.17, 15) is 4.79 Å². The molecule has 0 saturated carbocycles. The van der Waals surface area contributed by atoms with E-state index in [-0.39, 0.29) is 23.9 Å². The Morgan fingerprint density at radius 2 is 1.16 bits per heavy atom. The van der Waals surface area contributed by atoms with Crippen LogP contribution in [0.5, 0.6) is 0 Å². The monoisotopic (exact) mass is 327 g/mol. The highest BCUT2D eigenvalue weighted by atomic mass is 16.2. The molecule has 0 unspecified atom stereocenters. The SMILES string of the molecule is C[C@@H]1C(=O)N(C(c2ccccc2)c2ccccc2)[C@H]1c1ccccc1. The van der Waals surface area contributed by atoms with Crippen LogP contribution in [0.4, 0.5) is 0 Å². The van der Waals surface area contributed by atoms with Gasteiger partial charge in [-0.1, -0.05) is 97.9 Å². The molecule has 2 atom stereocenters. The molecule has 3 aromatic carbocycles. The van der Waals surface area contributed by atoms with Crippen molar-refractivity contribution in [2.45, 2.75) is 19.0 Å². The Balaban J connectivity index is 1.80. The van der Waals surface area contributed by atoms with Gasteiger partial charge in [-0.15, -0.1) is 0 Å². The number of β-lactam (4-membered cyclic amide) rings is 1. The highest BCUT2D eigenvalue weighted by molar-refractivity contribution is 5.87. The van der Waals surface area contributed by atoms with E-state index in [1.165, 1.54) is 5.56 Å². The predicted molar refractivity (Wildman–Crippen MR) is 99.9 cm³/mol. The summed E-state index contributed by atoms with van der Waals surface area (Å²) in [5.74, 6) is 0.226. The Morgan fingerprint density at radius 1 is 0.720 bits per heavy atom. The first-order valence-corrected chi connectivity index (χ1v) is 8.74. The van der Waals surface area contributed by atoms with Crippen LogP contribution >= 0.6 is 0 Å². The predicted octanol–water partition coefficient (Wildman–Crippen LogP) is 5.00. The van der Waals surface area contributed by atoms with Crippen molar-refractivity contribution in [3.8, 4) is 0 Å². The molecular formula is C23H21NO. The largest absolute Gasteiger partial charge is 0.323 e. The van der Waals surface area contributed by atoms with Crippen LogP contribution in [0.25, 0.3) is 0 Å². The summed E-state index contributed by atoms with van der Waals surface area (Å²) in [5.41, 5.74) is 3.50. The average Bonchev–Trinajstić information content (AvgIpc) is 2.69. The molecule has 0 aliphatic carbocycles. The van der Waals surface area contributed by atoms with Crippen LogP contribution in [0, 0.1) is 5.92 Å². The zero-order valence-electron chi connectivity index (χ0n) is 14.2. The first-order valence-electron chi connectivity index (χ1n) is 8.74. The van der Waals surface area contributed by atoms with E-state index >= 15 is 0 Å². The number of benzene rings is 3. The van der Waals surface area contributed by atoms with Crippen molar-refractivity contribution < 1.29 is 4.79 Å². The van der Waals surface area contributed by atoms with Crippen LogP contribution in [0.1, 0.15) is 35.7 Å². The lowest BCUT2D eigenvalue weighted by molar-refractivity contribution is -0.159. The standard InChI is InChI=1S/C23H21NO/c1-17-21(18-11-5-2-6-12-18)24(23(17)25)22(19-13-7-3-8-14-19)20-15-9-4-10-16-20/h2-17,21-22H,1H3/t17-,21+/m0/s1. The second-order valence-electron chi connectivity index (χ2n) is 6.61. The lowest BCUT2D eigenvalue weighted by Gasteiger charge is -2.50. The number of carbonyl (C=O) groups excluding carboxylic acids is 1. The number of amides is 1. The summed E-state index contributed by atoms with van der Waals surface area (Å²) >= 11 is 0. The van der Waals surface area contributed by atoms with Gasteiger partial charge in [0.1, 0.15) is 0 Å². The highest BCUT2D eigenvalue weighted by Crippen LogP contribution is 2.47. The molecule has 1 fully saturated rings. The summed E-state index contributed by atoms with van der Waals surface area (Å²) in [6.45, 7) is 2.03. The van der Waals surface area contributed by atoms with Crippen molar-refractivity contribution in [1.29, 1.82) is 0 Å². The number of hydrogen-bond acceptors (Lipinski definition) is 1. The smallest absolute Gasteiger partial charge is 0.229 e. The Morgan fingerprint density at radius 3 is 1.64 bits per heavy atom. The fourth-order valence-electron chi connectivity index (χ4n) is 3.84. The third-order valence-corrected chi connectivity index (χ3v) is 5.07. The van der Waals surface area contributed by atoms with E-state index in [0.29, 0.717) is 0 Å². The summed E-state index contributed by atoms with van der Waals surface area (Å²) in [7, 11) is 0. The zero-order valence-corrected chi connectivity index (χ0v) is 14.2. The lowest BCUT2D eigenvalue weighted by Crippen LogP contribution is -2.55. The summed E-state index contributed by atoms with van der Waals surface area (Å²) < 4.78 is 0. The minimum atomic E-state index is -0.0590. The van der Waals surface area contributed by atoms with Gasteiger partial charge in [0.05, 0.1) is 18.0 Å². The Hall–Kier alpha value is -2.87. The maximum atomic E-state index is 12.9. The molecule has 1 amide bonds. The van der Waals surface area contributed by atoms with Crippen LogP contribution in [0.3, 0.4) is 0 Å². The van der Waals surface area contributed by atoms with Gasteiger partial charge in [-0.2, -0.15) is 0 Å². The minimum Gasteiger partial charge on any atom is -0.323 e. The van der Waals surface area contributed by atoms with Gasteiger partial charge in [0.2, 0.25) is 5.91 Å². The quantitative estimate of drug-likeness (QED) is 0.618. The molecule has 124 valence electrons. The summed E-state index contributed by atoms with van der Waals surface area (Å²) in [6, 6.07) is 31.0. The van der Waals surface area contributed by atoms with Crippen molar-refractivity contribution in [1.82, 2.24) is 4.90 Å². The molecule has 25 heavy (non-hydrogen) atoms. The van der Waals surface area contributed by atoms with Crippen molar-refractivity contribution in [2.75, 3.05) is 0 Å². The van der Waals surface area contributed by atoms with Gasteiger partial charge < -0.3 is 4.90 Å². The summed E-state index contributed by atoms with van der Waals surface area (Å²) in [6.07, 6.45) is 0. The Kier molecular flexibility index (Phi) is 4.10. The maximum absolute atomic E-state index is 12.9. The van der Waals surface area contributed by atoms with Gasteiger partial charge >= 0.3 is 0 Å². The molecule has 0 spiro atoms. The molecular weight excluding hydrogens is 306 g/mol. The van der Waals surface area contributed by atoms with Crippen LogP contribution in [-0.4, -0.2) is 10.8 Å². The normalized spacial score (nSPS) is 19.8. The summed E-state index contributed by atoms with van der Waals surface area (Å²) in [4.78, 5) is 14.9. The molecule has 0 N–H and O–H groups in total. The number of rotatable bonds is 4. The Bertz CT molecular complexity index is 806. The van der Waals surface area contributed by atoms with Crippen LogP contribution in [-0.2, 0) is 4.79 Å². The van der Waals surface area contributed by atoms with E-state index in [1.54, 1.807) is 0 Å². The fourth-order valence-corrected chi connectivity index (χ4v) is 3.84. The third kappa shape index (κ3) is 2.74. The molecule has 0 aromatic heterocycles. The molecule has 1 aliphatic rings. The second kappa shape index (κ2) is 6.56.